The van der Waals surface area contributed by atoms with Gasteiger partial charge in [0.25, 0.3) is 0 Å². The number of hydrogen-bond donors (Lipinski definition) is 1. The van der Waals surface area contributed by atoms with E-state index < -0.39 is 0 Å². The van der Waals surface area contributed by atoms with Gasteiger partial charge in [-0.05, 0) is 36.6 Å². The van der Waals surface area contributed by atoms with E-state index in [-0.39, 0.29) is 0 Å². The van der Waals surface area contributed by atoms with Crippen LogP contribution in [0.4, 0.5) is 11.4 Å². The average Bonchev–Trinajstić information content (AvgIpc) is 2.41. The molecule has 100 valence electrons. The molecule has 0 heterocycles. The Morgan fingerprint density at radius 3 is 2.37 bits per heavy atom. The van der Waals surface area contributed by atoms with Crippen LogP contribution >= 0.6 is 0 Å². The lowest BCUT2D eigenvalue weighted by Crippen LogP contribution is -2.24. The van der Waals surface area contributed by atoms with Gasteiger partial charge in [0.05, 0.1) is 11.4 Å². The van der Waals surface area contributed by atoms with Crippen molar-refractivity contribution in [1.29, 1.82) is 0 Å². The van der Waals surface area contributed by atoms with Gasteiger partial charge in [-0.3, -0.25) is 0 Å². The molecule has 19 heavy (non-hydrogen) atoms. The number of rotatable bonds is 5. The van der Waals surface area contributed by atoms with E-state index >= 15 is 0 Å². The summed E-state index contributed by atoms with van der Waals surface area (Å²) >= 11 is 0. The Bertz CT molecular complexity index is 534. The Hall–Kier alpha value is -1.96. The summed E-state index contributed by atoms with van der Waals surface area (Å²) < 4.78 is 0. The van der Waals surface area contributed by atoms with Crippen LogP contribution in [0.5, 0.6) is 0 Å². The van der Waals surface area contributed by atoms with Crippen molar-refractivity contribution < 1.29 is 0 Å². The molecule has 0 aliphatic carbocycles. The Balaban J connectivity index is 2.27. The predicted octanol–water partition coefficient (Wildman–Crippen LogP) is 3.99. The molecular weight excluding hydrogens is 232 g/mol. The van der Waals surface area contributed by atoms with Gasteiger partial charge in [-0.2, -0.15) is 0 Å². The highest BCUT2D eigenvalue weighted by atomic mass is 15.1. The molecule has 0 bridgehead atoms. The molecule has 0 saturated carbocycles. The molecule has 0 radical (unpaired) electrons. The monoisotopic (exact) mass is 254 g/mol. The standard InChI is InChI=1S/C17H22N2/c1-3-12-19(17-11-7-6-10-16(17)18)13-15-9-5-4-8-14(15)2/h4-11H,3,12-13,18H2,1-2H3. The van der Waals surface area contributed by atoms with Crippen LogP contribution in [0.15, 0.2) is 48.5 Å². The van der Waals surface area contributed by atoms with Gasteiger partial charge in [-0.1, -0.05) is 43.3 Å². The second-order valence-corrected chi connectivity index (χ2v) is 4.91. The molecule has 0 aliphatic rings. The summed E-state index contributed by atoms with van der Waals surface area (Å²) in [6.45, 7) is 6.29. The van der Waals surface area contributed by atoms with Crippen LogP contribution in [0.2, 0.25) is 0 Å². The molecule has 0 unspecified atom stereocenters. The molecule has 0 amide bonds. The molecule has 0 fully saturated rings. The van der Waals surface area contributed by atoms with Gasteiger partial charge < -0.3 is 10.6 Å². The van der Waals surface area contributed by atoms with E-state index in [0.29, 0.717) is 0 Å². The largest absolute Gasteiger partial charge is 0.397 e. The maximum atomic E-state index is 6.10. The summed E-state index contributed by atoms with van der Waals surface area (Å²) in [7, 11) is 0. The van der Waals surface area contributed by atoms with E-state index in [4.69, 9.17) is 5.73 Å². The van der Waals surface area contributed by atoms with Crippen molar-refractivity contribution in [2.24, 2.45) is 0 Å². The summed E-state index contributed by atoms with van der Waals surface area (Å²) in [6, 6.07) is 16.6. The van der Waals surface area contributed by atoms with Crippen molar-refractivity contribution in [3.8, 4) is 0 Å². The molecule has 0 spiro atoms. The topological polar surface area (TPSA) is 29.3 Å². The van der Waals surface area contributed by atoms with Gasteiger partial charge in [-0.15, -0.1) is 0 Å². The lowest BCUT2D eigenvalue weighted by Gasteiger charge is -2.26. The van der Waals surface area contributed by atoms with Crippen molar-refractivity contribution in [3.63, 3.8) is 0 Å². The summed E-state index contributed by atoms with van der Waals surface area (Å²) in [5.41, 5.74) is 10.8. The minimum atomic E-state index is 0.851. The first-order valence-electron chi connectivity index (χ1n) is 6.86. The normalized spacial score (nSPS) is 10.4. The second-order valence-electron chi connectivity index (χ2n) is 4.91. The molecule has 2 aromatic rings. The smallest absolute Gasteiger partial charge is 0.0602 e. The third-order valence-corrected chi connectivity index (χ3v) is 3.39. The maximum Gasteiger partial charge on any atom is 0.0602 e. The summed E-state index contributed by atoms with van der Waals surface area (Å²) in [5.74, 6) is 0. The van der Waals surface area contributed by atoms with Gasteiger partial charge >= 0.3 is 0 Å². The Morgan fingerprint density at radius 1 is 1.00 bits per heavy atom. The average molecular weight is 254 g/mol. The maximum absolute atomic E-state index is 6.10. The van der Waals surface area contributed by atoms with Gasteiger partial charge in [0.15, 0.2) is 0 Å². The molecule has 0 saturated heterocycles. The lowest BCUT2D eigenvalue weighted by molar-refractivity contribution is 0.766. The van der Waals surface area contributed by atoms with Crippen LogP contribution in [-0.2, 0) is 6.54 Å². The van der Waals surface area contributed by atoms with Crippen LogP contribution in [0, 0.1) is 6.92 Å². The first-order chi connectivity index (χ1) is 9.22. The van der Waals surface area contributed by atoms with Crippen molar-refractivity contribution in [3.05, 3.63) is 59.7 Å². The molecule has 0 atom stereocenters. The van der Waals surface area contributed by atoms with Gasteiger partial charge in [0.2, 0.25) is 0 Å². The molecule has 2 heteroatoms. The fraction of sp³-hybridized carbons (Fsp3) is 0.294. The molecular formula is C17H22N2. The van der Waals surface area contributed by atoms with E-state index in [9.17, 15) is 0 Å². The van der Waals surface area contributed by atoms with E-state index in [1.807, 2.05) is 18.2 Å². The predicted molar refractivity (Wildman–Crippen MR) is 83.4 cm³/mol. The molecule has 2 nitrogen and oxygen atoms in total. The summed E-state index contributed by atoms with van der Waals surface area (Å²) in [6.07, 6.45) is 1.11. The van der Waals surface area contributed by atoms with Gasteiger partial charge in [0.1, 0.15) is 0 Å². The Morgan fingerprint density at radius 2 is 1.68 bits per heavy atom. The van der Waals surface area contributed by atoms with E-state index in [1.165, 1.54) is 11.1 Å². The van der Waals surface area contributed by atoms with Crippen molar-refractivity contribution in [2.45, 2.75) is 26.8 Å². The third kappa shape index (κ3) is 3.28. The SMILES string of the molecule is CCCN(Cc1ccccc1C)c1ccccc1N. The highest BCUT2D eigenvalue weighted by Crippen LogP contribution is 2.25. The summed E-state index contributed by atoms with van der Waals surface area (Å²) in [5, 5.41) is 0. The third-order valence-electron chi connectivity index (χ3n) is 3.39. The highest BCUT2D eigenvalue weighted by molar-refractivity contribution is 5.67. The second kappa shape index (κ2) is 6.28. The first kappa shape index (κ1) is 13.5. The zero-order valence-corrected chi connectivity index (χ0v) is 11.8. The first-order valence-corrected chi connectivity index (χ1v) is 6.86. The minimum absolute atomic E-state index is 0.851. The number of nitrogens with two attached hydrogens (primary N) is 1. The zero-order chi connectivity index (χ0) is 13.7. The number of nitrogen functional groups attached to an aromatic ring is 1. The van der Waals surface area contributed by atoms with Gasteiger partial charge in [0, 0.05) is 13.1 Å². The van der Waals surface area contributed by atoms with Crippen molar-refractivity contribution >= 4 is 11.4 Å². The van der Waals surface area contributed by atoms with E-state index in [2.05, 4.69) is 49.1 Å². The van der Waals surface area contributed by atoms with Crippen LogP contribution in [0.3, 0.4) is 0 Å². The zero-order valence-electron chi connectivity index (χ0n) is 11.8. The summed E-state index contributed by atoms with van der Waals surface area (Å²) in [4.78, 5) is 2.36. The fourth-order valence-corrected chi connectivity index (χ4v) is 2.32. The molecule has 0 aliphatic heterocycles. The van der Waals surface area contributed by atoms with Crippen molar-refractivity contribution in [2.75, 3.05) is 17.2 Å². The molecule has 2 aromatic carbocycles. The number of anilines is 2. The quantitative estimate of drug-likeness (QED) is 0.817. The van der Waals surface area contributed by atoms with E-state index in [1.54, 1.807) is 0 Å². The number of aryl methyl sites for hydroxylation is 1. The number of hydrogen-bond acceptors (Lipinski definition) is 2. The molecule has 2 N–H and O–H groups in total. The lowest BCUT2D eigenvalue weighted by atomic mass is 10.1. The van der Waals surface area contributed by atoms with Crippen LogP contribution in [0.1, 0.15) is 24.5 Å². The van der Waals surface area contributed by atoms with E-state index in [0.717, 1.165) is 30.9 Å². The Labute approximate surface area is 115 Å². The number of benzene rings is 2. The molecule has 2 rings (SSSR count). The Kier molecular flexibility index (Phi) is 4.45. The number of para-hydroxylation sites is 2. The fourth-order valence-electron chi connectivity index (χ4n) is 2.32. The highest BCUT2D eigenvalue weighted by Gasteiger charge is 2.10. The van der Waals surface area contributed by atoms with Crippen molar-refractivity contribution in [1.82, 2.24) is 0 Å². The van der Waals surface area contributed by atoms with Gasteiger partial charge in [-0.25, -0.2) is 0 Å². The van der Waals surface area contributed by atoms with Crippen LogP contribution in [-0.4, -0.2) is 6.54 Å². The van der Waals surface area contributed by atoms with Crippen LogP contribution < -0.4 is 10.6 Å². The minimum Gasteiger partial charge on any atom is -0.397 e. The molecule has 0 aromatic heterocycles. The van der Waals surface area contributed by atoms with Crippen LogP contribution in [0.25, 0.3) is 0 Å². The number of nitrogens with zero attached hydrogens (tertiary/aromatic N) is 1.